The van der Waals surface area contributed by atoms with E-state index in [2.05, 4.69) is 91.8 Å². The normalized spacial score (nSPS) is 25.5. The van der Waals surface area contributed by atoms with E-state index in [4.69, 9.17) is 14.2 Å². The molecule has 3 N–H and O–H groups in total. The summed E-state index contributed by atoms with van der Waals surface area (Å²) in [5, 5.41) is 15.6. The first kappa shape index (κ1) is 38.9. The summed E-state index contributed by atoms with van der Waals surface area (Å²) >= 11 is 0. The predicted molar refractivity (Wildman–Crippen MR) is 225 cm³/mol. The lowest BCUT2D eigenvalue weighted by Gasteiger charge is -2.43. The van der Waals surface area contributed by atoms with Crippen molar-refractivity contribution in [3.8, 4) is 22.6 Å². The van der Waals surface area contributed by atoms with Crippen LogP contribution in [0.5, 0.6) is 11.5 Å². The van der Waals surface area contributed by atoms with Gasteiger partial charge in [0.25, 0.3) is 0 Å². The molecule has 2 aliphatic heterocycles. The molecule has 296 valence electrons. The van der Waals surface area contributed by atoms with Crippen LogP contribution in [0.1, 0.15) is 81.6 Å². The van der Waals surface area contributed by atoms with Crippen LogP contribution in [0.25, 0.3) is 11.1 Å². The summed E-state index contributed by atoms with van der Waals surface area (Å²) in [7, 11) is 0. The Balaban J connectivity index is 0.951. The minimum atomic E-state index is -0.546. The van der Waals surface area contributed by atoms with E-state index in [9.17, 15) is 9.90 Å². The van der Waals surface area contributed by atoms with Gasteiger partial charge >= 0.3 is 6.03 Å². The number of aliphatic hydroxyl groups is 1. The summed E-state index contributed by atoms with van der Waals surface area (Å²) in [4.78, 5) is 15.6. The van der Waals surface area contributed by atoms with E-state index in [1.54, 1.807) is 0 Å². The molecule has 2 bridgehead atoms. The highest BCUT2D eigenvalue weighted by Gasteiger charge is 2.51. The third-order valence-corrected chi connectivity index (χ3v) is 12.0. The van der Waals surface area contributed by atoms with E-state index >= 15 is 0 Å². The van der Waals surface area contributed by atoms with E-state index in [0.717, 1.165) is 52.2 Å². The first-order valence-electron chi connectivity index (χ1n) is 20.3. The Morgan fingerprint density at radius 1 is 0.789 bits per heavy atom. The van der Waals surface area contributed by atoms with Gasteiger partial charge in [0.1, 0.15) is 11.5 Å². The molecule has 2 saturated heterocycles. The second-order valence-electron chi connectivity index (χ2n) is 17.5. The number of carbonyl (C=O) groups excluding carboxylic acids is 1. The van der Waals surface area contributed by atoms with Crippen molar-refractivity contribution in [2.45, 2.75) is 84.6 Å². The molecule has 2 amide bonds. The smallest absolute Gasteiger partial charge is 0.319 e. The van der Waals surface area contributed by atoms with Crippen molar-refractivity contribution >= 4 is 11.7 Å². The number of urea groups is 1. The number of aliphatic hydroxyl groups excluding tert-OH is 1. The predicted octanol–water partition coefficient (Wildman–Crippen LogP) is 10.7. The molecule has 5 aromatic carbocycles. The van der Waals surface area contributed by atoms with E-state index < -0.39 is 6.29 Å². The van der Waals surface area contributed by atoms with Crippen LogP contribution >= 0.6 is 0 Å². The number of ether oxygens (including phenoxy) is 3. The fourth-order valence-electron chi connectivity index (χ4n) is 9.66. The highest BCUT2D eigenvalue weighted by atomic mass is 16.7. The van der Waals surface area contributed by atoms with Gasteiger partial charge in [0.15, 0.2) is 6.29 Å². The van der Waals surface area contributed by atoms with E-state index in [0.29, 0.717) is 34.9 Å². The van der Waals surface area contributed by atoms with Crippen LogP contribution in [0.3, 0.4) is 0 Å². The summed E-state index contributed by atoms with van der Waals surface area (Å²) in [6.07, 6.45) is 3.00. The zero-order valence-electron chi connectivity index (χ0n) is 33.5. The molecule has 0 spiro atoms. The molecule has 0 radical (unpaired) electrons. The largest absolute Gasteiger partial charge is 0.457 e. The number of nitrogens with zero attached hydrogens (tertiary/aromatic N) is 1. The van der Waals surface area contributed by atoms with Gasteiger partial charge in [-0.2, -0.15) is 0 Å². The van der Waals surface area contributed by atoms with Crippen LogP contribution in [0.15, 0.2) is 127 Å². The van der Waals surface area contributed by atoms with E-state index in [-0.39, 0.29) is 30.8 Å². The monoisotopic (exact) mass is 765 g/mol. The first-order chi connectivity index (χ1) is 27.5. The van der Waals surface area contributed by atoms with Gasteiger partial charge in [0.05, 0.1) is 18.8 Å². The number of carbonyl (C=O) groups is 1. The molecule has 57 heavy (non-hydrogen) atoms. The second-order valence-corrected chi connectivity index (χ2v) is 17.5. The molecule has 6 unspecified atom stereocenters. The first-order valence-corrected chi connectivity index (χ1v) is 20.3. The van der Waals surface area contributed by atoms with Crippen LogP contribution in [0.2, 0.25) is 0 Å². The minimum absolute atomic E-state index is 0.0128. The van der Waals surface area contributed by atoms with Crippen molar-refractivity contribution in [3.05, 3.63) is 150 Å². The fourth-order valence-corrected chi connectivity index (χ4v) is 9.66. The van der Waals surface area contributed by atoms with Crippen molar-refractivity contribution in [1.82, 2.24) is 10.2 Å². The Morgan fingerprint density at radius 3 is 2.26 bits per heavy atom. The van der Waals surface area contributed by atoms with Crippen LogP contribution < -0.4 is 15.4 Å². The number of rotatable bonds is 11. The molecule has 0 aromatic heterocycles. The molecule has 8 rings (SSSR count). The lowest BCUT2D eigenvalue weighted by Crippen LogP contribution is -2.46. The number of hydrogen-bond donors (Lipinski definition) is 3. The summed E-state index contributed by atoms with van der Waals surface area (Å²) in [5.74, 6) is 1.58. The molecule has 3 fully saturated rings. The van der Waals surface area contributed by atoms with Gasteiger partial charge in [-0.05, 0) is 106 Å². The number of hydrogen-bond acceptors (Lipinski definition) is 6. The van der Waals surface area contributed by atoms with Crippen molar-refractivity contribution in [3.63, 3.8) is 0 Å². The SMILES string of the molecule is CC1C(CN2CC3(C)CC2CC(C)(C)C3)OC(c2cccc(-c3cccc(CNC(=O)Nc4ccc(Oc5ccccc5)cc4)c3)c2)OC1c1ccc(CO)cc1. The summed E-state index contributed by atoms with van der Waals surface area (Å²) < 4.78 is 19.7. The average molecular weight is 766 g/mol. The van der Waals surface area contributed by atoms with Gasteiger partial charge < -0.3 is 30.0 Å². The number of anilines is 1. The molecule has 8 heteroatoms. The van der Waals surface area contributed by atoms with Crippen LogP contribution in [-0.4, -0.2) is 41.3 Å². The van der Waals surface area contributed by atoms with Crippen LogP contribution in [0.4, 0.5) is 10.5 Å². The van der Waals surface area contributed by atoms with Crippen molar-refractivity contribution in [2.24, 2.45) is 16.7 Å². The topological polar surface area (TPSA) is 92.3 Å². The van der Waals surface area contributed by atoms with Gasteiger partial charge in [-0.1, -0.05) is 107 Å². The lowest BCUT2D eigenvalue weighted by molar-refractivity contribution is -0.276. The van der Waals surface area contributed by atoms with E-state index in [1.165, 1.54) is 19.3 Å². The maximum Gasteiger partial charge on any atom is 0.319 e. The molecule has 5 aromatic rings. The number of para-hydroxylation sites is 1. The Morgan fingerprint density at radius 2 is 1.51 bits per heavy atom. The molecular formula is C49H55N3O5. The minimum Gasteiger partial charge on any atom is -0.457 e. The molecule has 1 saturated carbocycles. The summed E-state index contributed by atoms with van der Waals surface area (Å²) in [6, 6.07) is 42.0. The molecule has 3 aliphatic rings. The summed E-state index contributed by atoms with van der Waals surface area (Å²) in [6.45, 7) is 11.9. The van der Waals surface area contributed by atoms with Gasteiger partial charge in [0, 0.05) is 42.8 Å². The Kier molecular flexibility index (Phi) is 11.2. The zero-order chi connectivity index (χ0) is 39.6. The standard InChI is InChI=1S/C49H55N3O5/c1-33-44(29-52-32-49(4)27-41(52)26-48(2,3)31-49)56-46(57-45(33)36-18-16-34(30-53)17-19-36)39-13-9-12-38(25-39)37-11-8-10-35(24-37)28-50-47(54)51-40-20-22-43(23-21-40)55-42-14-6-5-7-15-42/h5-25,33,41,44-46,53H,26-32H2,1-4H3,(H2,50,51,54). The summed E-state index contributed by atoms with van der Waals surface area (Å²) in [5.41, 5.74) is 7.39. The molecular weight excluding hydrogens is 711 g/mol. The molecule has 8 nitrogen and oxygen atoms in total. The molecule has 1 aliphatic carbocycles. The third kappa shape index (κ3) is 9.26. The van der Waals surface area contributed by atoms with Gasteiger partial charge in [-0.15, -0.1) is 0 Å². The van der Waals surface area contributed by atoms with Crippen LogP contribution in [-0.2, 0) is 22.6 Å². The van der Waals surface area contributed by atoms with Crippen molar-refractivity contribution < 1.29 is 24.1 Å². The lowest BCUT2D eigenvalue weighted by atomic mass is 9.65. The maximum absolute atomic E-state index is 12.9. The highest BCUT2D eigenvalue weighted by molar-refractivity contribution is 5.89. The Hall–Kier alpha value is -4.99. The average Bonchev–Trinajstić information content (AvgIpc) is 3.45. The quantitative estimate of drug-likeness (QED) is 0.124. The number of likely N-dealkylation sites (tertiary alicyclic amines) is 1. The van der Waals surface area contributed by atoms with Crippen molar-refractivity contribution in [1.29, 1.82) is 0 Å². The second kappa shape index (κ2) is 16.5. The third-order valence-electron chi connectivity index (χ3n) is 12.0. The van der Waals surface area contributed by atoms with E-state index in [1.807, 2.05) is 78.9 Å². The van der Waals surface area contributed by atoms with Crippen molar-refractivity contribution in [2.75, 3.05) is 18.4 Å². The highest BCUT2D eigenvalue weighted by Crippen LogP contribution is 2.53. The van der Waals surface area contributed by atoms with Gasteiger partial charge in [-0.3, -0.25) is 4.90 Å². The van der Waals surface area contributed by atoms with Crippen LogP contribution in [0, 0.1) is 16.7 Å². The van der Waals surface area contributed by atoms with Gasteiger partial charge in [0.2, 0.25) is 0 Å². The fraction of sp³-hybridized carbons (Fsp3) is 0.367. The molecule has 2 heterocycles. The number of amides is 2. The Bertz CT molecular complexity index is 2140. The number of benzene rings is 5. The number of nitrogens with one attached hydrogen (secondary N) is 2. The number of fused-ring (bicyclic) bond motifs is 2. The Labute approximate surface area is 337 Å². The zero-order valence-corrected chi connectivity index (χ0v) is 33.5. The maximum atomic E-state index is 12.9. The molecule has 6 atom stereocenters. The van der Waals surface area contributed by atoms with Gasteiger partial charge in [-0.25, -0.2) is 4.79 Å².